The Kier molecular flexibility index (Phi) is 6.24. The van der Waals surface area contributed by atoms with Gasteiger partial charge in [-0.25, -0.2) is 0 Å². The largest absolute Gasteiger partial charge is 0.506 e. The first-order valence-electron chi connectivity index (χ1n) is 6.32. The highest BCUT2D eigenvalue weighted by Crippen LogP contribution is 2.23. The van der Waals surface area contributed by atoms with Gasteiger partial charge in [-0.1, -0.05) is 0 Å². The molecular weight excluding hydrogens is 246 g/mol. The molecular formula is C13H21N3O3. The first kappa shape index (κ1) is 15.4. The molecule has 6 heteroatoms. The lowest BCUT2D eigenvalue weighted by Crippen LogP contribution is -2.17. The smallest absolute Gasteiger partial charge is 0.217 e. The van der Waals surface area contributed by atoms with Crippen molar-refractivity contribution in [3.63, 3.8) is 0 Å². The second kappa shape index (κ2) is 7.70. The predicted octanol–water partition coefficient (Wildman–Crippen LogP) is 0.333. The number of amides is 1. The molecule has 19 heavy (non-hydrogen) atoms. The number of pyridine rings is 1. The Morgan fingerprint density at radius 2 is 2.21 bits per heavy atom. The van der Waals surface area contributed by atoms with Crippen LogP contribution in [0.1, 0.15) is 36.1 Å². The van der Waals surface area contributed by atoms with E-state index in [-0.39, 0.29) is 18.3 Å². The van der Waals surface area contributed by atoms with E-state index >= 15 is 0 Å². The Hall–Kier alpha value is -1.66. The van der Waals surface area contributed by atoms with Crippen LogP contribution in [0.3, 0.4) is 0 Å². The molecule has 0 aliphatic carbocycles. The summed E-state index contributed by atoms with van der Waals surface area (Å²) < 4.78 is 0. The fourth-order valence-electron chi connectivity index (χ4n) is 1.78. The van der Waals surface area contributed by atoms with Gasteiger partial charge in [0.05, 0.1) is 12.3 Å². The molecule has 1 amide bonds. The summed E-state index contributed by atoms with van der Waals surface area (Å²) in [6.07, 6.45) is 3.54. The van der Waals surface area contributed by atoms with Gasteiger partial charge in [-0.2, -0.15) is 0 Å². The number of aliphatic hydroxyl groups excluding tert-OH is 1. The Morgan fingerprint density at radius 1 is 1.47 bits per heavy atom. The molecule has 0 unspecified atom stereocenters. The van der Waals surface area contributed by atoms with E-state index in [1.165, 1.54) is 0 Å². The first-order chi connectivity index (χ1) is 9.06. The summed E-state index contributed by atoms with van der Waals surface area (Å²) in [5.74, 6) is -0.166. The van der Waals surface area contributed by atoms with Crippen molar-refractivity contribution in [2.75, 3.05) is 6.54 Å². The minimum Gasteiger partial charge on any atom is -0.506 e. The van der Waals surface area contributed by atoms with Gasteiger partial charge in [0, 0.05) is 30.3 Å². The SMILES string of the molecule is Cc1ncc(CO)c(CNCCCCC(N)=O)c1O. The van der Waals surface area contributed by atoms with Gasteiger partial charge in [0.1, 0.15) is 5.75 Å². The molecule has 0 spiro atoms. The van der Waals surface area contributed by atoms with Crippen LogP contribution in [0.25, 0.3) is 0 Å². The summed E-state index contributed by atoms with van der Waals surface area (Å²) in [4.78, 5) is 14.6. The van der Waals surface area contributed by atoms with Crippen molar-refractivity contribution in [2.45, 2.75) is 39.3 Å². The number of unbranched alkanes of at least 4 members (excludes halogenated alkanes) is 1. The average Bonchev–Trinajstić information content (AvgIpc) is 2.38. The molecule has 106 valence electrons. The minimum absolute atomic E-state index is 0.121. The highest BCUT2D eigenvalue weighted by molar-refractivity contribution is 5.73. The number of primary amides is 1. The molecule has 0 aliphatic heterocycles. The molecule has 1 rings (SSSR count). The lowest BCUT2D eigenvalue weighted by atomic mass is 10.1. The molecule has 5 N–H and O–H groups in total. The number of hydrogen-bond donors (Lipinski definition) is 4. The minimum atomic E-state index is -0.287. The molecule has 1 heterocycles. The molecule has 6 nitrogen and oxygen atoms in total. The number of aliphatic hydroxyl groups is 1. The number of hydrogen-bond acceptors (Lipinski definition) is 5. The maximum Gasteiger partial charge on any atom is 0.217 e. The van der Waals surface area contributed by atoms with Crippen molar-refractivity contribution >= 4 is 5.91 Å². The lowest BCUT2D eigenvalue weighted by molar-refractivity contribution is -0.118. The van der Waals surface area contributed by atoms with E-state index in [9.17, 15) is 15.0 Å². The predicted molar refractivity (Wildman–Crippen MR) is 71.3 cm³/mol. The molecule has 0 saturated heterocycles. The van der Waals surface area contributed by atoms with E-state index in [2.05, 4.69) is 10.3 Å². The number of aromatic hydroxyl groups is 1. The maximum atomic E-state index is 10.6. The summed E-state index contributed by atoms with van der Waals surface area (Å²) in [7, 11) is 0. The van der Waals surface area contributed by atoms with Gasteiger partial charge in [0.25, 0.3) is 0 Å². The van der Waals surface area contributed by atoms with Crippen LogP contribution in [0.4, 0.5) is 0 Å². The normalized spacial score (nSPS) is 10.6. The summed E-state index contributed by atoms with van der Waals surface area (Å²) in [6.45, 7) is 2.74. The van der Waals surface area contributed by atoms with Gasteiger partial charge in [-0.15, -0.1) is 0 Å². The van der Waals surface area contributed by atoms with E-state index in [0.717, 1.165) is 19.4 Å². The van der Waals surface area contributed by atoms with Crippen molar-refractivity contribution in [3.05, 3.63) is 23.0 Å². The zero-order valence-electron chi connectivity index (χ0n) is 11.1. The van der Waals surface area contributed by atoms with Crippen molar-refractivity contribution in [1.29, 1.82) is 0 Å². The van der Waals surface area contributed by atoms with Crippen molar-refractivity contribution in [1.82, 2.24) is 10.3 Å². The Morgan fingerprint density at radius 3 is 2.84 bits per heavy atom. The van der Waals surface area contributed by atoms with Crippen LogP contribution < -0.4 is 11.1 Å². The van der Waals surface area contributed by atoms with Gasteiger partial charge in [-0.3, -0.25) is 9.78 Å². The topological polar surface area (TPSA) is 108 Å². The first-order valence-corrected chi connectivity index (χ1v) is 6.32. The lowest BCUT2D eigenvalue weighted by Gasteiger charge is -2.12. The molecule has 0 aliphatic rings. The van der Waals surface area contributed by atoms with Crippen LogP contribution in [-0.2, 0) is 17.9 Å². The molecule has 0 atom stereocenters. The standard InChI is InChI=1S/C13H21N3O3/c1-9-13(19)11(10(8-17)6-16-9)7-15-5-3-2-4-12(14)18/h6,15,17,19H,2-5,7-8H2,1H3,(H2,14,18). The highest BCUT2D eigenvalue weighted by Gasteiger charge is 2.10. The molecule has 0 fully saturated rings. The van der Waals surface area contributed by atoms with Gasteiger partial charge in [0.2, 0.25) is 5.91 Å². The molecule has 0 bridgehead atoms. The molecule has 1 aromatic heterocycles. The highest BCUT2D eigenvalue weighted by atomic mass is 16.3. The number of carbonyl (C=O) groups excluding carboxylic acids is 1. The van der Waals surface area contributed by atoms with Crippen molar-refractivity contribution < 1.29 is 15.0 Å². The van der Waals surface area contributed by atoms with Crippen LogP contribution in [0.2, 0.25) is 0 Å². The van der Waals surface area contributed by atoms with Gasteiger partial charge in [-0.05, 0) is 26.3 Å². The number of carbonyl (C=O) groups is 1. The Bertz CT molecular complexity index is 435. The van der Waals surface area contributed by atoms with Crippen molar-refractivity contribution in [2.24, 2.45) is 5.73 Å². The third kappa shape index (κ3) is 4.84. The van der Waals surface area contributed by atoms with E-state index in [4.69, 9.17) is 5.73 Å². The van der Waals surface area contributed by atoms with E-state index in [0.29, 0.717) is 29.8 Å². The van der Waals surface area contributed by atoms with Crippen molar-refractivity contribution in [3.8, 4) is 5.75 Å². The van der Waals surface area contributed by atoms with Gasteiger partial charge < -0.3 is 21.3 Å². The molecule has 0 radical (unpaired) electrons. The molecule has 0 saturated carbocycles. The van der Waals surface area contributed by atoms with Crippen LogP contribution in [-0.4, -0.2) is 27.6 Å². The monoisotopic (exact) mass is 267 g/mol. The number of rotatable bonds is 8. The molecule has 0 aromatic carbocycles. The van der Waals surface area contributed by atoms with E-state index < -0.39 is 0 Å². The van der Waals surface area contributed by atoms with E-state index in [1.54, 1.807) is 13.1 Å². The fraction of sp³-hybridized carbons (Fsp3) is 0.538. The zero-order valence-corrected chi connectivity index (χ0v) is 11.1. The quantitative estimate of drug-likeness (QED) is 0.508. The van der Waals surface area contributed by atoms with Crippen LogP contribution in [0.5, 0.6) is 5.75 Å². The number of nitrogens with zero attached hydrogens (tertiary/aromatic N) is 1. The Labute approximate surface area is 112 Å². The summed E-state index contributed by atoms with van der Waals surface area (Å²) in [5, 5.41) is 22.3. The number of nitrogens with two attached hydrogens (primary N) is 1. The number of aryl methyl sites for hydroxylation is 1. The summed E-state index contributed by atoms with van der Waals surface area (Å²) in [6, 6.07) is 0. The second-order valence-electron chi connectivity index (χ2n) is 4.45. The molecule has 1 aromatic rings. The zero-order chi connectivity index (χ0) is 14.3. The fourth-order valence-corrected chi connectivity index (χ4v) is 1.78. The van der Waals surface area contributed by atoms with Gasteiger partial charge in [0.15, 0.2) is 0 Å². The second-order valence-corrected chi connectivity index (χ2v) is 4.45. The third-order valence-corrected chi connectivity index (χ3v) is 2.93. The summed E-state index contributed by atoms with van der Waals surface area (Å²) in [5.41, 5.74) is 6.88. The Balaban J connectivity index is 2.44. The number of aromatic nitrogens is 1. The van der Waals surface area contributed by atoms with Gasteiger partial charge >= 0.3 is 0 Å². The van der Waals surface area contributed by atoms with Crippen LogP contribution in [0, 0.1) is 6.92 Å². The van der Waals surface area contributed by atoms with Crippen LogP contribution in [0.15, 0.2) is 6.20 Å². The number of nitrogens with one attached hydrogen (secondary N) is 1. The third-order valence-electron chi connectivity index (χ3n) is 2.93. The average molecular weight is 267 g/mol. The summed E-state index contributed by atoms with van der Waals surface area (Å²) >= 11 is 0. The van der Waals surface area contributed by atoms with E-state index in [1.807, 2.05) is 0 Å². The van der Waals surface area contributed by atoms with Crippen LogP contribution >= 0.6 is 0 Å². The maximum absolute atomic E-state index is 10.6.